The second kappa shape index (κ2) is 11.5. The van der Waals surface area contributed by atoms with Crippen LogP contribution in [0, 0.1) is 0 Å². The highest BCUT2D eigenvalue weighted by Gasteiger charge is 2.70. The van der Waals surface area contributed by atoms with E-state index in [0.29, 0.717) is 16.7 Å². The SMILES string of the molecule is COC(O[P+](=O)O)([C@H]1O[C@@H](n2cnc3c(N)ncnc32)[C@H](O)[C@@H]1O)C(c1ccccc1)(c1ccccc1)c1ccccc1. The van der Waals surface area contributed by atoms with Gasteiger partial charge in [-0.15, -0.1) is 4.89 Å². The fourth-order valence-corrected chi connectivity index (χ4v) is 6.73. The number of hydrogen-bond acceptors (Lipinski definition) is 10. The molecule has 5 N–H and O–H groups in total. The topological polar surface area (TPSA) is 175 Å². The van der Waals surface area contributed by atoms with Gasteiger partial charge in [0.05, 0.1) is 6.33 Å². The van der Waals surface area contributed by atoms with Crippen molar-refractivity contribution < 1.29 is 33.7 Å². The maximum atomic E-state index is 12.8. The highest BCUT2D eigenvalue weighted by molar-refractivity contribution is 7.32. The lowest BCUT2D eigenvalue weighted by Gasteiger charge is -2.49. The molecule has 1 saturated heterocycles. The van der Waals surface area contributed by atoms with Gasteiger partial charge in [0.25, 0.3) is 5.79 Å². The predicted octanol–water partition coefficient (Wildman–Crippen LogP) is 3.07. The Kier molecular flexibility index (Phi) is 7.75. The molecule has 5 aromatic rings. The molecule has 2 aromatic heterocycles. The molecule has 13 heteroatoms. The summed E-state index contributed by atoms with van der Waals surface area (Å²) in [5.74, 6) is -2.13. The largest absolute Gasteiger partial charge is 0.697 e. The van der Waals surface area contributed by atoms with Crippen molar-refractivity contribution in [2.45, 2.75) is 35.7 Å². The van der Waals surface area contributed by atoms with Crippen molar-refractivity contribution in [3.63, 3.8) is 0 Å². The number of aromatic nitrogens is 4. The highest BCUT2D eigenvalue weighted by Crippen LogP contribution is 2.56. The molecule has 3 aromatic carbocycles. The number of rotatable bonds is 9. The number of ether oxygens (including phenoxy) is 2. The van der Waals surface area contributed by atoms with Gasteiger partial charge in [0.15, 0.2) is 17.7 Å². The van der Waals surface area contributed by atoms with Gasteiger partial charge in [0, 0.05) is 11.7 Å². The standard InChI is InChI=1S/C30H28N5O7P/c1-40-30(42-43(38)39,25-23(36)24(37)28(41-25)35-18-34-22-26(31)32-17-33-27(22)35)29(19-11-5-2-6-12-19,20-13-7-3-8-14-20)21-15-9-4-10-16-21/h2-18,23-25,28,36-37H,1H3,(H2-,31,32,33,38,39)/p+1/t23-,24+,25-,28+,30?/m0/s1. The first-order valence-electron chi connectivity index (χ1n) is 13.4. The van der Waals surface area contributed by atoms with E-state index in [2.05, 4.69) is 15.0 Å². The number of methoxy groups -OCH3 is 1. The van der Waals surface area contributed by atoms with Crippen LogP contribution in [0.1, 0.15) is 22.9 Å². The number of hydrogen-bond donors (Lipinski definition) is 4. The van der Waals surface area contributed by atoms with Crippen molar-refractivity contribution in [1.29, 1.82) is 0 Å². The second-order valence-corrected chi connectivity index (χ2v) is 10.7. The Morgan fingerprint density at radius 1 is 0.860 bits per heavy atom. The number of imidazole rings is 1. The molecule has 2 unspecified atom stereocenters. The number of aliphatic hydroxyl groups excluding tert-OH is 2. The Hall–Kier alpha value is -4.13. The van der Waals surface area contributed by atoms with E-state index < -0.39 is 44.0 Å². The van der Waals surface area contributed by atoms with Crippen molar-refractivity contribution in [2.75, 3.05) is 12.8 Å². The van der Waals surface area contributed by atoms with Crippen LogP contribution in [-0.2, 0) is 24.0 Å². The van der Waals surface area contributed by atoms with Crippen molar-refractivity contribution in [2.24, 2.45) is 0 Å². The maximum Gasteiger partial charge on any atom is 0.697 e. The number of nitrogen functional groups attached to an aromatic ring is 1. The minimum Gasteiger partial charge on any atom is -0.387 e. The molecule has 220 valence electrons. The summed E-state index contributed by atoms with van der Waals surface area (Å²) in [5, 5.41) is 23.2. The van der Waals surface area contributed by atoms with E-state index >= 15 is 0 Å². The lowest BCUT2D eigenvalue weighted by molar-refractivity contribution is -0.273. The van der Waals surface area contributed by atoms with Gasteiger partial charge in [0.1, 0.15) is 35.6 Å². The molecule has 0 spiro atoms. The molecular weight excluding hydrogens is 573 g/mol. The van der Waals surface area contributed by atoms with Gasteiger partial charge in [-0.1, -0.05) is 95.5 Å². The van der Waals surface area contributed by atoms with E-state index in [1.807, 2.05) is 91.0 Å². The molecule has 0 radical (unpaired) electrons. The first kappa shape index (κ1) is 29.0. The minimum atomic E-state index is -3.37. The third-order valence-electron chi connectivity index (χ3n) is 7.93. The molecule has 0 bridgehead atoms. The van der Waals surface area contributed by atoms with Crippen LogP contribution in [0.15, 0.2) is 104 Å². The van der Waals surface area contributed by atoms with Gasteiger partial charge in [-0.25, -0.2) is 15.0 Å². The summed E-state index contributed by atoms with van der Waals surface area (Å²) in [6, 6.07) is 27.4. The Labute approximate surface area is 247 Å². The molecule has 0 saturated carbocycles. The number of nitrogens with zero attached hydrogens (tertiary/aromatic N) is 4. The number of anilines is 1. The fourth-order valence-electron chi connectivity index (χ4n) is 6.18. The maximum absolute atomic E-state index is 12.8. The fraction of sp³-hybridized carbons (Fsp3) is 0.233. The van der Waals surface area contributed by atoms with E-state index in [1.54, 1.807) is 0 Å². The van der Waals surface area contributed by atoms with Gasteiger partial charge < -0.3 is 25.4 Å². The van der Waals surface area contributed by atoms with Crippen LogP contribution < -0.4 is 5.73 Å². The van der Waals surface area contributed by atoms with Crippen molar-refractivity contribution in [3.8, 4) is 0 Å². The normalized spacial score (nSPS) is 22.4. The zero-order valence-corrected chi connectivity index (χ0v) is 23.8. The number of aliphatic hydroxyl groups is 2. The molecule has 1 aliphatic heterocycles. The van der Waals surface area contributed by atoms with Gasteiger partial charge in [0.2, 0.25) is 0 Å². The quantitative estimate of drug-likeness (QED) is 0.111. The first-order valence-corrected chi connectivity index (χ1v) is 14.5. The van der Waals surface area contributed by atoms with Gasteiger partial charge >= 0.3 is 8.25 Å². The summed E-state index contributed by atoms with van der Waals surface area (Å²) in [7, 11) is -2.07. The van der Waals surface area contributed by atoms with Gasteiger partial charge in [-0.05, 0) is 16.7 Å². The molecule has 0 aliphatic carbocycles. The van der Waals surface area contributed by atoms with Crippen LogP contribution in [0.3, 0.4) is 0 Å². The molecule has 0 amide bonds. The van der Waals surface area contributed by atoms with Crippen LogP contribution >= 0.6 is 8.25 Å². The van der Waals surface area contributed by atoms with Crippen LogP contribution in [0.5, 0.6) is 0 Å². The summed E-state index contributed by atoms with van der Waals surface area (Å²) < 4.78 is 32.8. The molecule has 43 heavy (non-hydrogen) atoms. The third-order valence-corrected chi connectivity index (χ3v) is 8.36. The monoisotopic (exact) mass is 602 g/mol. The van der Waals surface area contributed by atoms with E-state index in [0.717, 1.165) is 0 Å². The lowest BCUT2D eigenvalue weighted by Crippen LogP contribution is -2.65. The molecule has 6 rings (SSSR count). The smallest absolute Gasteiger partial charge is 0.387 e. The summed E-state index contributed by atoms with van der Waals surface area (Å²) in [4.78, 5) is 22.9. The predicted molar refractivity (Wildman–Crippen MR) is 156 cm³/mol. The van der Waals surface area contributed by atoms with E-state index in [9.17, 15) is 19.7 Å². The average Bonchev–Trinajstić information content (AvgIpc) is 3.59. The van der Waals surface area contributed by atoms with E-state index in [1.165, 1.54) is 24.3 Å². The van der Waals surface area contributed by atoms with Crippen molar-refractivity contribution in [1.82, 2.24) is 19.5 Å². The van der Waals surface area contributed by atoms with Crippen LogP contribution in [0.4, 0.5) is 5.82 Å². The summed E-state index contributed by atoms with van der Waals surface area (Å²) in [5.41, 5.74) is 6.78. The molecular formula is C30H29N5O7P+. The first-order chi connectivity index (χ1) is 20.8. The minimum absolute atomic E-state index is 0.122. The lowest BCUT2D eigenvalue weighted by atomic mass is 9.61. The third kappa shape index (κ3) is 4.52. The summed E-state index contributed by atoms with van der Waals surface area (Å²) in [6.45, 7) is 0. The average molecular weight is 603 g/mol. The van der Waals surface area contributed by atoms with Crippen LogP contribution in [0.25, 0.3) is 11.2 Å². The molecule has 6 atom stereocenters. The molecule has 1 aliphatic rings. The molecule has 12 nitrogen and oxygen atoms in total. The number of fused-ring (bicyclic) bond motifs is 1. The van der Waals surface area contributed by atoms with Gasteiger partial charge in [-0.2, -0.15) is 0 Å². The zero-order valence-electron chi connectivity index (χ0n) is 22.9. The number of benzene rings is 3. The van der Waals surface area contributed by atoms with Crippen LogP contribution in [0.2, 0.25) is 0 Å². The summed E-state index contributed by atoms with van der Waals surface area (Å²) >= 11 is 0. The van der Waals surface area contributed by atoms with Crippen LogP contribution in [-0.4, -0.2) is 65.8 Å². The van der Waals surface area contributed by atoms with Crippen molar-refractivity contribution in [3.05, 3.63) is 120 Å². The molecule has 3 heterocycles. The Balaban J connectivity index is 1.64. The Bertz CT molecular complexity index is 1630. The van der Waals surface area contributed by atoms with Gasteiger partial charge in [-0.3, -0.25) is 4.57 Å². The summed E-state index contributed by atoms with van der Waals surface area (Å²) in [6.07, 6.45) is -3.48. The van der Waals surface area contributed by atoms with Crippen molar-refractivity contribution >= 4 is 25.2 Å². The number of nitrogens with two attached hydrogens (primary N) is 1. The Morgan fingerprint density at radius 3 is 1.88 bits per heavy atom. The Morgan fingerprint density at radius 2 is 1.40 bits per heavy atom. The van der Waals surface area contributed by atoms with E-state index in [4.69, 9.17) is 19.7 Å². The zero-order chi connectivity index (χ0) is 30.2. The molecule has 1 fully saturated rings. The highest BCUT2D eigenvalue weighted by atomic mass is 31.1. The van der Waals surface area contributed by atoms with E-state index in [-0.39, 0.29) is 17.0 Å². The second-order valence-electron chi connectivity index (χ2n) is 10.1.